The summed E-state index contributed by atoms with van der Waals surface area (Å²) < 4.78 is 0. The molecule has 1 aliphatic rings. The van der Waals surface area contributed by atoms with E-state index in [4.69, 9.17) is 5.11 Å². The standard InChI is InChI=1S/C13H24N2O4/c1-13(2,19)8-15(3)12(18)14-7-9-5-4-6-10(9)11(16)17/h9-10,19H,4-8H2,1-3H3,(H,14,18)(H,16,17). The summed E-state index contributed by atoms with van der Waals surface area (Å²) in [5.41, 5.74) is -0.941. The minimum absolute atomic E-state index is 0.0111. The van der Waals surface area contributed by atoms with Crippen LogP contribution in [0.4, 0.5) is 4.79 Å². The number of amides is 2. The molecule has 6 heteroatoms. The molecule has 6 nitrogen and oxygen atoms in total. The van der Waals surface area contributed by atoms with Crippen molar-refractivity contribution in [2.45, 2.75) is 38.7 Å². The van der Waals surface area contributed by atoms with E-state index in [1.807, 2.05) is 0 Å². The minimum atomic E-state index is -0.941. The van der Waals surface area contributed by atoms with E-state index in [0.29, 0.717) is 13.0 Å². The molecule has 1 aliphatic carbocycles. The van der Waals surface area contributed by atoms with Crippen LogP contribution in [0.1, 0.15) is 33.1 Å². The molecule has 1 fully saturated rings. The van der Waals surface area contributed by atoms with Gasteiger partial charge in [0.25, 0.3) is 0 Å². The zero-order valence-electron chi connectivity index (χ0n) is 11.8. The first-order valence-electron chi connectivity index (χ1n) is 6.65. The van der Waals surface area contributed by atoms with Gasteiger partial charge in [0.2, 0.25) is 0 Å². The summed E-state index contributed by atoms with van der Waals surface area (Å²) in [5.74, 6) is -1.11. The minimum Gasteiger partial charge on any atom is -0.481 e. The number of carbonyl (C=O) groups is 2. The van der Waals surface area contributed by atoms with E-state index in [2.05, 4.69) is 5.32 Å². The summed E-state index contributed by atoms with van der Waals surface area (Å²) in [5, 5.41) is 21.4. The van der Waals surface area contributed by atoms with E-state index in [1.54, 1.807) is 20.9 Å². The summed E-state index contributed by atoms with van der Waals surface area (Å²) in [4.78, 5) is 24.2. The van der Waals surface area contributed by atoms with Crippen LogP contribution in [0.3, 0.4) is 0 Å². The molecule has 19 heavy (non-hydrogen) atoms. The third-order valence-electron chi connectivity index (χ3n) is 3.46. The van der Waals surface area contributed by atoms with Crippen molar-refractivity contribution in [2.75, 3.05) is 20.1 Å². The van der Waals surface area contributed by atoms with Gasteiger partial charge >= 0.3 is 12.0 Å². The number of carboxylic acid groups (broad SMARTS) is 1. The first-order chi connectivity index (χ1) is 8.70. The third-order valence-corrected chi connectivity index (χ3v) is 3.46. The summed E-state index contributed by atoms with van der Waals surface area (Å²) in [6, 6.07) is -0.279. The molecule has 0 aromatic carbocycles. The second-order valence-electron chi connectivity index (χ2n) is 5.99. The highest BCUT2D eigenvalue weighted by Gasteiger charge is 2.33. The van der Waals surface area contributed by atoms with Crippen LogP contribution in [0.25, 0.3) is 0 Å². The van der Waals surface area contributed by atoms with Crippen LogP contribution >= 0.6 is 0 Å². The number of rotatable bonds is 5. The summed E-state index contributed by atoms with van der Waals surface area (Å²) in [7, 11) is 1.61. The lowest BCUT2D eigenvalue weighted by Gasteiger charge is -2.26. The van der Waals surface area contributed by atoms with Crippen LogP contribution in [0.5, 0.6) is 0 Å². The van der Waals surface area contributed by atoms with Crippen molar-refractivity contribution in [1.29, 1.82) is 0 Å². The first kappa shape index (κ1) is 15.8. The molecular formula is C13H24N2O4. The van der Waals surface area contributed by atoms with Crippen LogP contribution in [0, 0.1) is 11.8 Å². The summed E-state index contributed by atoms with van der Waals surface area (Å²) in [6.07, 6.45) is 2.43. The summed E-state index contributed by atoms with van der Waals surface area (Å²) in [6.45, 7) is 3.88. The van der Waals surface area contributed by atoms with Gasteiger partial charge in [-0.15, -0.1) is 0 Å². The number of nitrogens with one attached hydrogen (secondary N) is 1. The predicted octanol–water partition coefficient (Wildman–Crippen LogP) is 0.900. The number of likely N-dealkylation sites (N-methyl/N-ethyl adjacent to an activating group) is 1. The van der Waals surface area contributed by atoms with E-state index in [1.165, 1.54) is 4.90 Å². The molecule has 0 aromatic rings. The zero-order valence-corrected chi connectivity index (χ0v) is 11.8. The van der Waals surface area contributed by atoms with Crippen molar-refractivity contribution in [3.63, 3.8) is 0 Å². The molecule has 1 saturated carbocycles. The van der Waals surface area contributed by atoms with Crippen molar-refractivity contribution in [3.8, 4) is 0 Å². The molecule has 3 N–H and O–H groups in total. The Morgan fingerprint density at radius 2 is 2.00 bits per heavy atom. The molecule has 2 amide bonds. The van der Waals surface area contributed by atoms with Gasteiger partial charge in [-0.25, -0.2) is 4.79 Å². The Bertz CT molecular complexity index is 338. The average Bonchev–Trinajstić information content (AvgIpc) is 2.71. The maximum atomic E-state index is 11.8. The fourth-order valence-electron chi connectivity index (χ4n) is 2.61. The van der Waals surface area contributed by atoms with Gasteiger partial charge < -0.3 is 20.4 Å². The maximum absolute atomic E-state index is 11.8. The number of aliphatic hydroxyl groups is 1. The Labute approximate surface area is 113 Å². The zero-order chi connectivity index (χ0) is 14.6. The van der Waals surface area contributed by atoms with Crippen LogP contribution in [-0.4, -0.2) is 52.9 Å². The van der Waals surface area contributed by atoms with Gasteiger partial charge in [0, 0.05) is 13.6 Å². The Hall–Kier alpha value is -1.30. The number of urea groups is 1. The second-order valence-corrected chi connectivity index (χ2v) is 5.99. The van der Waals surface area contributed by atoms with Crippen molar-refractivity contribution in [2.24, 2.45) is 11.8 Å². The SMILES string of the molecule is CN(CC(C)(C)O)C(=O)NCC1CCCC1C(=O)O. The lowest BCUT2D eigenvalue weighted by molar-refractivity contribution is -0.142. The number of aliphatic carboxylic acids is 1. The average molecular weight is 272 g/mol. The van der Waals surface area contributed by atoms with E-state index >= 15 is 0 Å². The molecule has 0 heterocycles. The molecule has 0 saturated heterocycles. The lowest BCUT2D eigenvalue weighted by Crippen LogP contribution is -2.46. The van der Waals surface area contributed by atoms with E-state index in [0.717, 1.165) is 12.8 Å². The van der Waals surface area contributed by atoms with Crippen LogP contribution in [-0.2, 0) is 4.79 Å². The Morgan fingerprint density at radius 1 is 1.37 bits per heavy atom. The smallest absolute Gasteiger partial charge is 0.317 e. The topological polar surface area (TPSA) is 89.9 Å². The molecule has 1 rings (SSSR count). The Balaban J connectivity index is 2.39. The molecule has 0 spiro atoms. The van der Waals surface area contributed by atoms with Gasteiger partial charge in [-0.2, -0.15) is 0 Å². The van der Waals surface area contributed by atoms with Crippen LogP contribution in [0.2, 0.25) is 0 Å². The van der Waals surface area contributed by atoms with E-state index in [9.17, 15) is 14.7 Å². The quantitative estimate of drug-likeness (QED) is 0.693. The number of nitrogens with zero attached hydrogens (tertiary/aromatic N) is 1. The number of carboxylic acids is 1. The largest absolute Gasteiger partial charge is 0.481 e. The fourth-order valence-corrected chi connectivity index (χ4v) is 2.61. The van der Waals surface area contributed by atoms with Crippen molar-refractivity contribution < 1.29 is 19.8 Å². The highest BCUT2D eigenvalue weighted by atomic mass is 16.4. The van der Waals surface area contributed by atoms with Crippen LogP contribution < -0.4 is 5.32 Å². The number of hydrogen-bond acceptors (Lipinski definition) is 3. The molecule has 110 valence electrons. The fraction of sp³-hybridized carbons (Fsp3) is 0.846. The highest BCUT2D eigenvalue weighted by Crippen LogP contribution is 2.31. The second kappa shape index (κ2) is 6.23. The van der Waals surface area contributed by atoms with Crippen molar-refractivity contribution >= 4 is 12.0 Å². The van der Waals surface area contributed by atoms with E-state index in [-0.39, 0.29) is 24.4 Å². The van der Waals surface area contributed by atoms with Gasteiger partial charge in [-0.1, -0.05) is 6.42 Å². The highest BCUT2D eigenvalue weighted by molar-refractivity contribution is 5.74. The molecule has 2 unspecified atom stereocenters. The van der Waals surface area contributed by atoms with Crippen molar-refractivity contribution in [1.82, 2.24) is 10.2 Å². The third kappa shape index (κ3) is 5.06. The molecule has 2 atom stereocenters. The van der Waals surface area contributed by atoms with Gasteiger partial charge in [0.15, 0.2) is 0 Å². The molecule has 0 aliphatic heterocycles. The Morgan fingerprint density at radius 3 is 2.53 bits per heavy atom. The summed E-state index contributed by atoms with van der Waals surface area (Å²) >= 11 is 0. The first-order valence-corrected chi connectivity index (χ1v) is 6.65. The molecular weight excluding hydrogens is 248 g/mol. The van der Waals surface area contributed by atoms with Gasteiger partial charge in [0.1, 0.15) is 0 Å². The maximum Gasteiger partial charge on any atom is 0.317 e. The normalized spacial score (nSPS) is 23.2. The lowest BCUT2D eigenvalue weighted by atomic mass is 9.96. The number of hydrogen-bond donors (Lipinski definition) is 3. The van der Waals surface area contributed by atoms with Gasteiger partial charge in [-0.3, -0.25) is 4.79 Å². The van der Waals surface area contributed by atoms with Crippen LogP contribution in [0.15, 0.2) is 0 Å². The van der Waals surface area contributed by atoms with Crippen molar-refractivity contribution in [3.05, 3.63) is 0 Å². The monoisotopic (exact) mass is 272 g/mol. The molecule has 0 aromatic heterocycles. The predicted molar refractivity (Wildman–Crippen MR) is 70.8 cm³/mol. The number of carbonyl (C=O) groups excluding carboxylic acids is 1. The molecule has 0 radical (unpaired) electrons. The van der Waals surface area contributed by atoms with Gasteiger partial charge in [0.05, 0.1) is 18.1 Å². The van der Waals surface area contributed by atoms with E-state index < -0.39 is 11.6 Å². The van der Waals surface area contributed by atoms with Gasteiger partial charge in [-0.05, 0) is 32.6 Å². The molecule has 0 bridgehead atoms. The Kier molecular flexibility index (Phi) is 5.17.